The molecule has 1 aliphatic rings. The van der Waals surface area contributed by atoms with E-state index in [0.29, 0.717) is 6.04 Å². The van der Waals surface area contributed by atoms with E-state index in [0.717, 1.165) is 12.3 Å². The van der Waals surface area contributed by atoms with E-state index in [9.17, 15) is 0 Å². The van der Waals surface area contributed by atoms with E-state index in [-0.39, 0.29) is 0 Å². The van der Waals surface area contributed by atoms with Crippen LogP contribution in [0.1, 0.15) is 39.5 Å². The normalized spacial score (nSPS) is 28.7. The van der Waals surface area contributed by atoms with Crippen molar-refractivity contribution < 1.29 is 0 Å². The zero-order chi connectivity index (χ0) is 8.27. The topological polar surface area (TPSA) is 26.0 Å². The molecule has 0 aromatic rings. The van der Waals surface area contributed by atoms with Crippen LogP contribution in [-0.2, 0) is 0 Å². The van der Waals surface area contributed by atoms with Gasteiger partial charge in [0.25, 0.3) is 0 Å². The second-order valence-electron chi connectivity index (χ2n) is 3.99. The summed E-state index contributed by atoms with van der Waals surface area (Å²) in [7, 11) is 0. The van der Waals surface area contributed by atoms with Crippen LogP contribution in [0.4, 0.5) is 0 Å². The number of hydrogen-bond donors (Lipinski definition) is 1. The molecule has 1 unspecified atom stereocenters. The summed E-state index contributed by atoms with van der Waals surface area (Å²) in [4.78, 5) is 0. The summed E-state index contributed by atoms with van der Waals surface area (Å²) in [5, 5.41) is 0. The van der Waals surface area contributed by atoms with Gasteiger partial charge in [0.05, 0.1) is 0 Å². The number of hydrogen-bond acceptors (Lipinski definition) is 1. The molecule has 0 heterocycles. The molecule has 1 aliphatic carbocycles. The zero-order valence-electron chi connectivity index (χ0n) is 7.64. The quantitative estimate of drug-likeness (QED) is 0.606. The van der Waals surface area contributed by atoms with E-state index in [2.05, 4.69) is 19.9 Å². The molecule has 0 radical (unpaired) electrons. The van der Waals surface area contributed by atoms with Gasteiger partial charge in [0.1, 0.15) is 0 Å². The van der Waals surface area contributed by atoms with Gasteiger partial charge in [0, 0.05) is 6.04 Å². The monoisotopic (exact) mass is 153 g/mol. The highest BCUT2D eigenvalue weighted by Gasteiger charge is 2.14. The lowest BCUT2D eigenvalue weighted by atomic mass is 10.1. The number of rotatable bonds is 2. The first kappa shape index (κ1) is 8.79. The van der Waals surface area contributed by atoms with Crippen molar-refractivity contribution in [3.05, 3.63) is 11.6 Å². The number of allylic oxidation sites excluding steroid dienone is 1. The van der Waals surface area contributed by atoms with Gasteiger partial charge in [-0.2, -0.15) is 0 Å². The molecule has 2 N–H and O–H groups in total. The van der Waals surface area contributed by atoms with Crippen molar-refractivity contribution in [3.63, 3.8) is 0 Å². The summed E-state index contributed by atoms with van der Waals surface area (Å²) in [6.07, 6.45) is 7.20. The molecule has 0 amide bonds. The number of nitrogens with two attached hydrogens (primary N) is 1. The van der Waals surface area contributed by atoms with E-state index in [1.807, 2.05) is 0 Å². The average molecular weight is 153 g/mol. The van der Waals surface area contributed by atoms with Crippen molar-refractivity contribution in [1.82, 2.24) is 0 Å². The van der Waals surface area contributed by atoms with Crippen LogP contribution in [0.5, 0.6) is 0 Å². The van der Waals surface area contributed by atoms with Crippen LogP contribution < -0.4 is 5.73 Å². The second kappa shape index (κ2) is 3.91. The van der Waals surface area contributed by atoms with Gasteiger partial charge in [-0.15, -0.1) is 0 Å². The van der Waals surface area contributed by atoms with Crippen LogP contribution >= 0.6 is 0 Å². The highest BCUT2D eigenvalue weighted by atomic mass is 14.6. The minimum atomic E-state index is 0.452. The lowest BCUT2D eigenvalue weighted by Gasteiger charge is -2.00. The van der Waals surface area contributed by atoms with Crippen molar-refractivity contribution >= 4 is 0 Å². The van der Waals surface area contributed by atoms with Crippen molar-refractivity contribution in [2.24, 2.45) is 11.7 Å². The zero-order valence-corrected chi connectivity index (χ0v) is 7.64. The maximum absolute atomic E-state index is 5.79. The Labute approximate surface area is 69.7 Å². The summed E-state index contributed by atoms with van der Waals surface area (Å²) in [6, 6.07) is 0.452. The summed E-state index contributed by atoms with van der Waals surface area (Å²) >= 11 is 0. The Hall–Kier alpha value is -0.300. The van der Waals surface area contributed by atoms with Gasteiger partial charge >= 0.3 is 0 Å². The van der Waals surface area contributed by atoms with Crippen LogP contribution in [-0.4, -0.2) is 6.04 Å². The third kappa shape index (κ3) is 3.06. The first-order chi connectivity index (χ1) is 5.18. The van der Waals surface area contributed by atoms with Crippen molar-refractivity contribution in [3.8, 4) is 0 Å². The molecule has 1 atom stereocenters. The fourth-order valence-electron chi connectivity index (χ4n) is 1.50. The Kier molecular flexibility index (Phi) is 3.13. The molecule has 1 fully saturated rings. The molecule has 0 saturated heterocycles. The molecular formula is C10H19N. The van der Waals surface area contributed by atoms with Gasteiger partial charge in [-0.25, -0.2) is 0 Å². The SMILES string of the molecule is CC(C)CC=C1CCC(N)C1. The lowest BCUT2D eigenvalue weighted by Crippen LogP contribution is -2.13. The van der Waals surface area contributed by atoms with Gasteiger partial charge < -0.3 is 5.73 Å². The van der Waals surface area contributed by atoms with Crippen LogP contribution in [0, 0.1) is 5.92 Å². The van der Waals surface area contributed by atoms with Crippen LogP contribution in [0.25, 0.3) is 0 Å². The molecule has 1 nitrogen and oxygen atoms in total. The molecule has 64 valence electrons. The van der Waals surface area contributed by atoms with E-state index >= 15 is 0 Å². The standard InChI is InChI=1S/C10H19N/c1-8(2)3-4-9-5-6-10(11)7-9/h4,8,10H,3,5-7,11H2,1-2H3. The minimum Gasteiger partial charge on any atom is -0.327 e. The summed E-state index contributed by atoms with van der Waals surface area (Å²) < 4.78 is 0. The van der Waals surface area contributed by atoms with Crippen molar-refractivity contribution in [1.29, 1.82) is 0 Å². The molecule has 1 rings (SSSR count). The van der Waals surface area contributed by atoms with Gasteiger partial charge in [-0.3, -0.25) is 0 Å². The Bertz CT molecular complexity index is 147. The van der Waals surface area contributed by atoms with Crippen LogP contribution in [0.3, 0.4) is 0 Å². The predicted octanol–water partition coefficient (Wildman–Crippen LogP) is 2.47. The van der Waals surface area contributed by atoms with E-state index in [1.54, 1.807) is 5.57 Å². The predicted molar refractivity (Wildman–Crippen MR) is 49.4 cm³/mol. The Balaban J connectivity index is 2.30. The maximum Gasteiger partial charge on any atom is 0.00791 e. The van der Waals surface area contributed by atoms with Gasteiger partial charge in [0.15, 0.2) is 0 Å². The minimum absolute atomic E-state index is 0.452. The molecule has 1 saturated carbocycles. The Morgan fingerprint density at radius 2 is 2.36 bits per heavy atom. The van der Waals surface area contributed by atoms with E-state index < -0.39 is 0 Å². The molecule has 0 aliphatic heterocycles. The van der Waals surface area contributed by atoms with E-state index in [1.165, 1.54) is 19.3 Å². The summed E-state index contributed by atoms with van der Waals surface area (Å²) in [6.45, 7) is 4.51. The average Bonchev–Trinajstić information content (AvgIpc) is 2.31. The fraction of sp³-hybridized carbons (Fsp3) is 0.800. The van der Waals surface area contributed by atoms with Gasteiger partial charge in [-0.1, -0.05) is 25.5 Å². The highest BCUT2D eigenvalue weighted by Crippen LogP contribution is 2.24. The van der Waals surface area contributed by atoms with Gasteiger partial charge in [-0.05, 0) is 31.6 Å². The van der Waals surface area contributed by atoms with Crippen LogP contribution in [0.2, 0.25) is 0 Å². The molecular weight excluding hydrogens is 134 g/mol. The van der Waals surface area contributed by atoms with Gasteiger partial charge in [0.2, 0.25) is 0 Å². The third-order valence-electron chi connectivity index (χ3n) is 2.24. The molecule has 0 spiro atoms. The highest BCUT2D eigenvalue weighted by molar-refractivity contribution is 5.09. The molecule has 0 bridgehead atoms. The molecule has 0 aromatic carbocycles. The van der Waals surface area contributed by atoms with Crippen molar-refractivity contribution in [2.45, 2.75) is 45.6 Å². The first-order valence-electron chi connectivity index (χ1n) is 4.62. The first-order valence-corrected chi connectivity index (χ1v) is 4.62. The molecule has 1 heteroatoms. The maximum atomic E-state index is 5.79. The van der Waals surface area contributed by atoms with E-state index in [4.69, 9.17) is 5.73 Å². The largest absolute Gasteiger partial charge is 0.327 e. The smallest absolute Gasteiger partial charge is 0.00791 e. The Morgan fingerprint density at radius 3 is 2.82 bits per heavy atom. The second-order valence-corrected chi connectivity index (χ2v) is 3.99. The lowest BCUT2D eigenvalue weighted by molar-refractivity contribution is 0.659. The van der Waals surface area contributed by atoms with Crippen molar-refractivity contribution in [2.75, 3.05) is 0 Å². The summed E-state index contributed by atoms with van der Waals surface area (Å²) in [5.41, 5.74) is 7.38. The fourth-order valence-corrected chi connectivity index (χ4v) is 1.50. The molecule has 11 heavy (non-hydrogen) atoms. The Morgan fingerprint density at radius 1 is 1.64 bits per heavy atom. The summed E-state index contributed by atoms with van der Waals surface area (Å²) in [5.74, 6) is 0.791. The third-order valence-corrected chi connectivity index (χ3v) is 2.24. The molecule has 0 aromatic heterocycles. The van der Waals surface area contributed by atoms with Crippen LogP contribution in [0.15, 0.2) is 11.6 Å².